The number of benzene rings is 2. The minimum absolute atomic E-state index is 0.311. The van der Waals surface area contributed by atoms with Crippen LogP contribution in [0.1, 0.15) is 0 Å². The molecule has 1 nitrogen and oxygen atoms in total. The van der Waals surface area contributed by atoms with Crippen LogP contribution in [0.15, 0.2) is 51.4 Å². The van der Waals surface area contributed by atoms with E-state index in [1.165, 1.54) is 12.1 Å². The molecular weight excluding hydrogens is 339 g/mol. The van der Waals surface area contributed by atoms with Crippen LogP contribution >= 0.6 is 31.9 Å². The molecule has 0 heterocycles. The van der Waals surface area contributed by atoms with Gasteiger partial charge in [0.2, 0.25) is 0 Å². The van der Waals surface area contributed by atoms with Gasteiger partial charge in [-0.3, -0.25) is 0 Å². The van der Waals surface area contributed by atoms with Crippen molar-refractivity contribution in [3.8, 4) is 11.5 Å². The first-order chi connectivity index (χ1) is 7.65. The summed E-state index contributed by atoms with van der Waals surface area (Å²) in [6.07, 6.45) is 0. The van der Waals surface area contributed by atoms with Crippen LogP contribution in [0.25, 0.3) is 0 Å². The second-order valence-electron chi connectivity index (χ2n) is 3.14. The van der Waals surface area contributed by atoms with Crippen LogP contribution in [-0.2, 0) is 0 Å². The van der Waals surface area contributed by atoms with Crippen molar-refractivity contribution in [1.82, 2.24) is 0 Å². The fraction of sp³-hybridized carbons (Fsp3) is 0. The maximum Gasteiger partial charge on any atom is 0.130 e. The Morgan fingerprint density at radius 3 is 2.31 bits per heavy atom. The van der Waals surface area contributed by atoms with E-state index in [2.05, 4.69) is 31.9 Å². The van der Waals surface area contributed by atoms with E-state index < -0.39 is 0 Å². The summed E-state index contributed by atoms with van der Waals surface area (Å²) >= 11 is 6.74. The quantitative estimate of drug-likeness (QED) is 0.732. The van der Waals surface area contributed by atoms with Crippen molar-refractivity contribution in [2.75, 3.05) is 0 Å². The second kappa shape index (κ2) is 4.97. The molecule has 0 amide bonds. The lowest BCUT2D eigenvalue weighted by Gasteiger charge is -2.06. The lowest BCUT2D eigenvalue weighted by atomic mass is 10.3. The molecule has 0 radical (unpaired) electrons. The Kier molecular flexibility index (Phi) is 3.61. The highest BCUT2D eigenvalue weighted by molar-refractivity contribution is 9.13. The maximum absolute atomic E-state index is 12.9. The SMILES string of the molecule is Fc1cccc(Oc2ccc(Br)c(Br)c2)c1. The van der Waals surface area contributed by atoms with Crippen LogP contribution in [0.5, 0.6) is 11.5 Å². The summed E-state index contributed by atoms with van der Waals surface area (Å²) in [5.74, 6) is 0.823. The van der Waals surface area contributed by atoms with Gasteiger partial charge in [0.1, 0.15) is 17.3 Å². The zero-order valence-corrected chi connectivity index (χ0v) is 11.3. The molecule has 0 saturated heterocycles. The van der Waals surface area contributed by atoms with E-state index in [4.69, 9.17) is 4.74 Å². The van der Waals surface area contributed by atoms with Crippen molar-refractivity contribution >= 4 is 31.9 Å². The van der Waals surface area contributed by atoms with E-state index in [-0.39, 0.29) is 5.82 Å². The fourth-order valence-electron chi connectivity index (χ4n) is 1.21. The highest BCUT2D eigenvalue weighted by Crippen LogP contribution is 2.30. The number of halogens is 3. The van der Waals surface area contributed by atoms with Gasteiger partial charge in [0.05, 0.1) is 0 Å². The average molecular weight is 346 g/mol. The van der Waals surface area contributed by atoms with Gasteiger partial charge in [-0.25, -0.2) is 4.39 Å². The Morgan fingerprint density at radius 1 is 0.875 bits per heavy atom. The summed E-state index contributed by atoms with van der Waals surface area (Å²) in [5, 5.41) is 0. The predicted octanol–water partition coefficient (Wildman–Crippen LogP) is 5.14. The molecule has 16 heavy (non-hydrogen) atoms. The second-order valence-corrected chi connectivity index (χ2v) is 4.84. The largest absolute Gasteiger partial charge is 0.457 e. The third kappa shape index (κ3) is 2.83. The van der Waals surface area contributed by atoms with E-state index in [9.17, 15) is 4.39 Å². The van der Waals surface area contributed by atoms with E-state index in [1.54, 1.807) is 18.2 Å². The molecule has 2 aromatic rings. The van der Waals surface area contributed by atoms with Gasteiger partial charge in [-0.2, -0.15) is 0 Å². The molecule has 0 N–H and O–H groups in total. The third-order valence-corrected chi connectivity index (χ3v) is 3.80. The van der Waals surface area contributed by atoms with Gasteiger partial charge in [-0.15, -0.1) is 0 Å². The Hall–Kier alpha value is -0.870. The summed E-state index contributed by atoms with van der Waals surface area (Å²) in [5.41, 5.74) is 0. The van der Waals surface area contributed by atoms with Gasteiger partial charge >= 0.3 is 0 Å². The first-order valence-electron chi connectivity index (χ1n) is 4.53. The zero-order valence-electron chi connectivity index (χ0n) is 8.08. The molecule has 0 aromatic heterocycles. The lowest BCUT2D eigenvalue weighted by Crippen LogP contribution is -1.85. The summed E-state index contributed by atoms with van der Waals surface area (Å²) in [6, 6.07) is 11.5. The van der Waals surface area contributed by atoms with Gasteiger partial charge in [0.15, 0.2) is 0 Å². The van der Waals surface area contributed by atoms with Crippen LogP contribution in [0.2, 0.25) is 0 Å². The van der Waals surface area contributed by atoms with E-state index in [0.717, 1.165) is 8.95 Å². The van der Waals surface area contributed by atoms with Crippen molar-refractivity contribution in [2.45, 2.75) is 0 Å². The fourth-order valence-corrected chi connectivity index (χ4v) is 1.81. The normalized spacial score (nSPS) is 10.2. The Bertz CT molecular complexity index is 514. The van der Waals surface area contributed by atoms with Gasteiger partial charge < -0.3 is 4.74 Å². The third-order valence-electron chi connectivity index (χ3n) is 1.92. The molecule has 2 rings (SSSR count). The molecule has 0 saturated carbocycles. The Labute approximate surface area is 110 Å². The van der Waals surface area contributed by atoms with Gasteiger partial charge in [0.25, 0.3) is 0 Å². The number of rotatable bonds is 2. The highest BCUT2D eigenvalue weighted by atomic mass is 79.9. The van der Waals surface area contributed by atoms with Crippen molar-refractivity contribution in [3.63, 3.8) is 0 Å². The van der Waals surface area contributed by atoms with Gasteiger partial charge in [-0.05, 0) is 62.2 Å². The molecule has 2 aromatic carbocycles. The first-order valence-corrected chi connectivity index (χ1v) is 6.12. The molecule has 0 unspecified atom stereocenters. The monoisotopic (exact) mass is 344 g/mol. The van der Waals surface area contributed by atoms with Crippen LogP contribution in [0.4, 0.5) is 4.39 Å². The molecule has 0 bridgehead atoms. The van der Waals surface area contributed by atoms with Crippen molar-refractivity contribution in [3.05, 3.63) is 57.2 Å². The minimum Gasteiger partial charge on any atom is -0.457 e. The molecule has 0 spiro atoms. The van der Waals surface area contributed by atoms with Crippen LogP contribution < -0.4 is 4.74 Å². The highest BCUT2D eigenvalue weighted by Gasteiger charge is 2.01. The lowest BCUT2D eigenvalue weighted by molar-refractivity contribution is 0.476. The van der Waals surface area contributed by atoms with E-state index >= 15 is 0 Å². The van der Waals surface area contributed by atoms with E-state index in [1.807, 2.05) is 12.1 Å². The first kappa shape index (κ1) is 11.6. The molecule has 0 atom stereocenters. The van der Waals surface area contributed by atoms with Crippen molar-refractivity contribution in [1.29, 1.82) is 0 Å². The number of hydrogen-bond donors (Lipinski definition) is 0. The topological polar surface area (TPSA) is 9.23 Å². The number of hydrogen-bond acceptors (Lipinski definition) is 1. The average Bonchev–Trinajstić information content (AvgIpc) is 2.24. The predicted molar refractivity (Wildman–Crippen MR) is 68.3 cm³/mol. The maximum atomic E-state index is 12.9. The van der Waals surface area contributed by atoms with Crippen LogP contribution in [0, 0.1) is 5.82 Å². The summed E-state index contributed by atoms with van der Waals surface area (Å²) in [4.78, 5) is 0. The summed E-state index contributed by atoms with van der Waals surface area (Å²) in [6.45, 7) is 0. The smallest absolute Gasteiger partial charge is 0.130 e. The van der Waals surface area contributed by atoms with Crippen molar-refractivity contribution < 1.29 is 9.13 Å². The van der Waals surface area contributed by atoms with Gasteiger partial charge in [0, 0.05) is 15.0 Å². The Morgan fingerprint density at radius 2 is 1.62 bits per heavy atom. The molecular formula is C12H7Br2FO. The summed E-state index contributed by atoms with van der Waals surface area (Å²) < 4.78 is 20.3. The molecule has 4 heteroatoms. The molecule has 0 aliphatic heterocycles. The zero-order chi connectivity index (χ0) is 11.5. The minimum atomic E-state index is -0.311. The van der Waals surface area contributed by atoms with Crippen LogP contribution in [0.3, 0.4) is 0 Å². The Balaban J connectivity index is 2.24. The standard InChI is InChI=1S/C12H7Br2FO/c13-11-5-4-10(7-12(11)14)16-9-3-1-2-8(15)6-9/h1-7H. The van der Waals surface area contributed by atoms with E-state index in [0.29, 0.717) is 11.5 Å². The van der Waals surface area contributed by atoms with Crippen molar-refractivity contribution in [2.24, 2.45) is 0 Å². The molecule has 82 valence electrons. The van der Waals surface area contributed by atoms with Gasteiger partial charge in [-0.1, -0.05) is 6.07 Å². The number of ether oxygens (including phenoxy) is 1. The molecule has 0 aliphatic rings. The molecule has 0 fully saturated rings. The summed E-state index contributed by atoms with van der Waals surface area (Å²) in [7, 11) is 0. The van der Waals surface area contributed by atoms with Crippen LogP contribution in [-0.4, -0.2) is 0 Å². The molecule has 0 aliphatic carbocycles.